The summed E-state index contributed by atoms with van der Waals surface area (Å²) in [7, 11) is 0. The number of fused-ring (bicyclic) bond motifs is 1. The fourth-order valence-corrected chi connectivity index (χ4v) is 3.74. The molecule has 2 aliphatic heterocycles. The highest BCUT2D eigenvalue weighted by Crippen LogP contribution is 2.35. The molecule has 1 saturated heterocycles. The van der Waals surface area contributed by atoms with Crippen LogP contribution in [0, 0.1) is 0 Å². The minimum atomic E-state index is -0.143. The van der Waals surface area contributed by atoms with Crippen LogP contribution in [0.3, 0.4) is 0 Å². The molecule has 0 aliphatic carbocycles. The zero-order chi connectivity index (χ0) is 20.7. The van der Waals surface area contributed by atoms with E-state index >= 15 is 0 Å². The highest BCUT2D eigenvalue weighted by Gasteiger charge is 2.40. The Kier molecular flexibility index (Phi) is 6.88. The predicted octanol–water partition coefficient (Wildman–Crippen LogP) is 4.23. The number of para-hydroxylation sites is 2. The number of rotatable bonds is 3. The van der Waals surface area contributed by atoms with E-state index in [1.54, 1.807) is 0 Å². The van der Waals surface area contributed by atoms with Crippen LogP contribution < -0.4 is 21.3 Å². The molecule has 0 unspecified atom stereocenters. The van der Waals surface area contributed by atoms with E-state index in [9.17, 15) is 4.79 Å². The van der Waals surface area contributed by atoms with Gasteiger partial charge in [-0.05, 0) is 55.8 Å². The maximum absolute atomic E-state index is 11.1. The van der Waals surface area contributed by atoms with E-state index in [2.05, 4.69) is 39.5 Å². The molecule has 2 aliphatic rings. The first kappa shape index (κ1) is 20.9. The van der Waals surface area contributed by atoms with Gasteiger partial charge in [-0.15, -0.1) is 0 Å². The Hall–Kier alpha value is -2.86. The van der Waals surface area contributed by atoms with Gasteiger partial charge in [0.05, 0.1) is 23.5 Å². The van der Waals surface area contributed by atoms with Gasteiger partial charge in [-0.2, -0.15) is 0 Å². The Morgan fingerprint density at radius 1 is 1.03 bits per heavy atom. The Balaban J connectivity index is 0.00000117. The molecule has 0 bridgehead atoms. The van der Waals surface area contributed by atoms with Crippen molar-refractivity contribution in [3.05, 3.63) is 54.1 Å². The number of benzene rings is 2. The highest BCUT2D eigenvalue weighted by molar-refractivity contribution is 6.09. The number of aliphatic imine (C=N–C) groups is 1. The van der Waals surface area contributed by atoms with Gasteiger partial charge < -0.3 is 21.3 Å². The van der Waals surface area contributed by atoms with Crippen molar-refractivity contribution >= 4 is 28.8 Å². The van der Waals surface area contributed by atoms with E-state index in [0.29, 0.717) is 6.54 Å². The number of nitrogens with zero attached hydrogens (tertiary/aromatic N) is 1. The maximum Gasteiger partial charge on any atom is 0.221 e. The summed E-state index contributed by atoms with van der Waals surface area (Å²) < 4.78 is 0. The number of carbonyl (C=O) groups is 1. The van der Waals surface area contributed by atoms with Gasteiger partial charge in [0, 0.05) is 12.6 Å². The molecule has 4 N–H and O–H groups in total. The quantitative estimate of drug-likeness (QED) is 0.629. The molecule has 4 rings (SSSR count). The molecule has 6 nitrogen and oxygen atoms in total. The van der Waals surface area contributed by atoms with E-state index in [1.165, 1.54) is 6.92 Å². The fourth-order valence-electron chi connectivity index (χ4n) is 3.74. The molecule has 1 spiro atoms. The Morgan fingerprint density at radius 3 is 2.34 bits per heavy atom. The lowest BCUT2D eigenvalue weighted by atomic mass is 9.84. The van der Waals surface area contributed by atoms with Crippen molar-refractivity contribution in [2.45, 2.75) is 45.7 Å². The normalized spacial score (nSPS) is 18.0. The van der Waals surface area contributed by atoms with Crippen LogP contribution in [0.1, 0.15) is 39.2 Å². The van der Waals surface area contributed by atoms with Crippen molar-refractivity contribution in [3.63, 3.8) is 0 Å². The van der Waals surface area contributed by atoms with Gasteiger partial charge >= 0.3 is 0 Å². The van der Waals surface area contributed by atoms with Crippen molar-refractivity contribution in [2.75, 3.05) is 29.0 Å². The van der Waals surface area contributed by atoms with Gasteiger partial charge in [-0.3, -0.25) is 9.79 Å². The minimum absolute atomic E-state index is 0.0630. The van der Waals surface area contributed by atoms with E-state index in [4.69, 9.17) is 4.99 Å². The van der Waals surface area contributed by atoms with E-state index in [1.807, 2.05) is 44.2 Å². The van der Waals surface area contributed by atoms with E-state index < -0.39 is 0 Å². The molecular formula is C23H31N5O. The average molecular weight is 394 g/mol. The van der Waals surface area contributed by atoms with Crippen LogP contribution in [0.5, 0.6) is 0 Å². The van der Waals surface area contributed by atoms with E-state index in [-0.39, 0.29) is 11.4 Å². The predicted molar refractivity (Wildman–Crippen MR) is 122 cm³/mol. The molecule has 6 heteroatoms. The number of piperidine rings is 1. The van der Waals surface area contributed by atoms with Gasteiger partial charge in [0.1, 0.15) is 5.84 Å². The third-order valence-electron chi connectivity index (χ3n) is 5.16. The van der Waals surface area contributed by atoms with Crippen molar-refractivity contribution in [1.82, 2.24) is 5.32 Å². The molecule has 0 atom stereocenters. The molecule has 2 aromatic rings. The SMILES string of the molecule is CC.CC(=O)Nc1ccc(CN=C2Nc3ccccc3NC23CCNCC3)cc1. The van der Waals surface area contributed by atoms with Gasteiger partial charge in [0.15, 0.2) is 0 Å². The third kappa shape index (κ3) is 4.95. The summed E-state index contributed by atoms with van der Waals surface area (Å²) in [5, 5.41) is 13.5. The number of carbonyl (C=O) groups excluding carboxylic acids is 1. The second kappa shape index (κ2) is 9.56. The van der Waals surface area contributed by atoms with Crippen LogP contribution in [-0.4, -0.2) is 30.4 Å². The van der Waals surface area contributed by atoms with Crippen LogP contribution in [0.15, 0.2) is 53.5 Å². The zero-order valence-electron chi connectivity index (χ0n) is 17.5. The molecule has 154 valence electrons. The molecule has 1 fully saturated rings. The third-order valence-corrected chi connectivity index (χ3v) is 5.16. The number of anilines is 3. The zero-order valence-corrected chi connectivity index (χ0v) is 17.5. The summed E-state index contributed by atoms with van der Waals surface area (Å²) in [6.07, 6.45) is 1.99. The van der Waals surface area contributed by atoms with Crippen LogP contribution in [0.25, 0.3) is 0 Å². The second-order valence-electron chi connectivity index (χ2n) is 7.17. The van der Waals surface area contributed by atoms with Crippen molar-refractivity contribution in [3.8, 4) is 0 Å². The van der Waals surface area contributed by atoms with Crippen LogP contribution in [-0.2, 0) is 11.3 Å². The molecule has 2 aromatic carbocycles. The lowest BCUT2D eigenvalue weighted by Crippen LogP contribution is -2.57. The van der Waals surface area contributed by atoms with Gasteiger partial charge in [-0.25, -0.2) is 0 Å². The van der Waals surface area contributed by atoms with Crippen molar-refractivity contribution < 1.29 is 4.79 Å². The maximum atomic E-state index is 11.1. The molecule has 1 amide bonds. The summed E-state index contributed by atoms with van der Waals surface area (Å²) in [6, 6.07) is 16.1. The highest BCUT2D eigenvalue weighted by atomic mass is 16.1. The average Bonchev–Trinajstić information content (AvgIpc) is 2.75. The first-order chi connectivity index (χ1) is 14.1. The lowest BCUT2D eigenvalue weighted by Gasteiger charge is -2.44. The molecule has 0 saturated carbocycles. The van der Waals surface area contributed by atoms with Crippen LogP contribution in [0.2, 0.25) is 0 Å². The first-order valence-corrected chi connectivity index (χ1v) is 10.4. The summed E-state index contributed by atoms with van der Waals surface area (Å²) in [5.74, 6) is 0.945. The van der Waals surface area contributed by atoms with Crippen LogP contribution >= 0.6 is 0 Å². The lowest BCUT2D eigenvalue weighted by molar-refractivity contribution is -0.114. The Morgan fingerprint density at radius 2 is 1.69 bits per heavy atom. The number of nitrogens with one attached hydrogen (secondary N) is 4. The van der Waals surface area contributed by atoms with Crippen LogP contribution in [0.4, 0.5) is 17.1 Å². The monoisotopic (exact) mass is 393 g/mol. The first-order valence-electron chi connectivity index (χ1n) is 10.4. The molecular weight excluding hydrogens is 362 g/mol. The van der Waals surface area contributed by atoms with Crippen molar-refractivity contribution in [2.24, 2.45) is 4.99 Å². The second-order valence-corrected chi connectivity index (χ2v) is 7.17. The largest absolute Gasteiger partial charge is 0.371 e. The molecule has 29 heavy (non-hydrogen) atoms. The summed E-state index contributed by atoms with van der Waals surface area (Å²) in [4.78, 5) is 16.1. The fraction of sp³-hybridized carbons (Fsp3) is 0.391. The smallest absolute Gasteiger partial charge is 0.221 e. The number of amidine groups is 1. The summed E-state index contributed by atoms with van der Waals surface area (Å²) >= 11 is 0. The molecule has 0 radical (unpaired) electrons. The number of hydrogen-bond donors (Lipinski definition) is 4. The standard InChI is InChI=1S/C21H25N5O.C2H6/c1-15(27)24-17-8-6-16(7-9-17)14-23-20-21(10-12-22-13-11-21)26-19-5-3-2-4-18(19)25-20;1-2/h2-9,22,26H,10-14H2,1H3,(H,23,25)(H,24,27);1-2H3. The van der Waals surface area contributed by atoms with Gasteiger partial charge in [-0.1, -0.05) is 38.1 Å². The Bertz CT molecular complexity index is 854. The minimum Gasteiger partial charge on any atom is -0.371 e. The van der Waals surface area contributed by atoms with Gasteiger partial charge in [0.2, 0.25) is 5.91 Å². The number of hydrogen-bond acceptors (Lipinski definition) is 4. The summed E-state index contributed by atoms with van der Waals surface area (Å²) in [5.41, 5.74) is 3.98. The van der Waals surface area contributed by atoms with Crippen molar-refractivity contribution in [1.29, 1.82) is 0 Å². The number of amides is 1. The van der Waals surface area contributed by atoms with E-state index in [0.717, 1.165) is 54.4 Å². The summed E-state index contributed by atoms with van der Waals surface area (Å²) in [6.45, 7) is 8.06. The Labute approximate surface area is 173 Å². The van der Waals surface area contributed by atoms with Gasteiger partial charge in [0.25, 0.3) is 0 Å². The molecule has 0 aromatic heterocycles. The topological polar surface area (TPSA) is 77.5 Å². The molecule has 2 heterocycles.